The van der Waals surface area contributed by atoms with Crippen molar-refractivity contribution in [1.82, 2.24) is 14.8 Å². The lowest BCUT2D eigenvalue weighted by Gasteiger charge is -2.11. The minimum atomic E-state index is 0.678. The number of hydrogen-bond acceptors (Lipinski definition) is 4. The van der Waals surface area contributed by atoms with Gasteiger partial charge in [0.05, 0.1) is 5.02 Å². The smallest absolute Gasteiger partial charge is 0.191 e. The molecule has 0 amide bonds. The molecule has 3 rings (SSSR count). The highest BCUT2D eigenvalue weighted by Crippen LogP contribution is 2.30. The molecule has 0 spiro atoms. The first-order valence-corrected chi connectivity index (χ1v) is 10.4. The molecule has 1 aromatic heterocycles. The molecule has 0 unspecified atom stereocenters. The van der Waals surface area contributed by atoms with E-state index in [0.29, 0.717) is 11.6 Å². The number of halogens is 2. The number of nitrogens with zero attached hydrogens (tertiary/aromatic N) is 3. The van der Waals surface area contributed by atoms with Crippen molar-refractivity contribution < 1.29 is 4.74 Å². The Hall–Kier alpha value is -1.34. The quantitative estimate of drug-likeness (QED) is 0.325. The summed E-state index contributed by atoms with van der Waals surface area (Å²) in [5.74, 6) is 1.63. The second kappa shape index (κ2) is 9.55. The van der Waals surface area contributed by atoms with Crippen LogP contribution in [0.25, 0.3) is 11.4 Å². The average molecular weight is 453 g/mol. The van der Waals surface area contributed by atoms with E-state index in [2.05, 4.69) is 42.8 Å². The predicted octanol–water partition coefficient (Wildman–Crippen LogP) is 5.69. The second-order valence-corrected chi connectivity index (χ2v) is 7.96. The Kier molecular flexibility index (Phi) is 7.14. The van der Waals surface area contributed by atoms with Gasteiger partial charge in [-0.1, -0.05) is 63.6 Å². The number of ether oxygens (including phenoxy) is 1. The van der Waals surface area contributed by atoms with Crippen LogP contribution in [0.2, 0.25) is 5.02 Å². The van der Waals surface area contributed by atoms with E-state index in [9.17, 15) is 0 Å². The molecule has 4 nitrogen and oxygen atoms in total. The number of thioether (sulfide) groups is 1. The number of hydrogen-bond donors (Lipinski definition) is 0. The number of rotatable bonds is 8. The van der Waals surface area contributed by atoms with Gasteiger partial charge in [0.2, 0.25) is 0 Å². The van der Waals surface area contributed by atoms with Gasteiger partial charge in [0.15, 0.2) is 11.0 Å². The van der Waals surface area contributed by atoms with E-state index < -0.39 is 0 Å². The first kappa shape index (κ1) is 19.4. The Balaban J connectivity index is 1.84. The van der Waals surface area contributed by atoms with Crippen molar-refractivity contribution in [2.24, 2.45) is 0 Å². The number of aromatic nitrogens is 3. The highest BCUT2D eigenvalue weighted by molar-refractivity contribution is 9.10. The van der Waals surface area contributed by atoms with Crippen molar-refractivity contribution in [2.45, 2.75) is 23.9 Å². The summed E-state index contributed by atoms with van der Waals surface area (Å²) in [6.45, 7) is 1.47. The summed E-state index contributed by atoms with van der Waals surface area (Å²) in [5.41, 5.74) is 2.14. The van der Waals surface area contributed by atoms with Crippen molar-refractivity contribution in [3.8, 4) is 11.4 Å². The zero-order valence-corrected chi connectivity index (χ0v) is 17.5. The van der Waals surface area contributed by atoms with Crippen LogP contribution in [0.4, 0.5) is 0 Å². The van der Waals surface area contributed by atoms with Crippen molar-refractivity contribution in [2.75, 3.05) is 13.7 Å². The Labute approximate surface area is 171 Å². The zero-order valence-electron chi connectivity index (χ0n) is 14.4. The molecule has 0 aliphatic rings. The molecule has 0 aliphatic carbocycles. The van der Waals surface area contributed by atoms with E-state index in [4.69, 9.17) is 16.3 Å². The summed E-state index contributed by atoms with van der Waals surface area (Å²) in [5, 5.41) is 10.4. The van der Waals surface area contributed by atoms with Gasteiger partial charge in [0, 0.05) is 36.1 Å². The van der Waals surface area contributed by atoms with E-state index in [1.54, 1.807) is 18.9 Å². The first-order chi connectivity index (χ1) is 12.7. The maximum absolute atomic E-state index is 6.37. The molecule has 0 radical (unpaired) electrons. The zero-order chi connectivity index (χ0) is 18.4. The van der Waals surface area contributed by atoms with Gasteiger partial charge >= 0.3 is 0 Å². The van der Waals surface area contributed by atoms with Crippen LogP contribution in [0.3, 0.4) is 0 Å². The predicted molar refractivity (Wildman–Crippen MR) is 111 cm³/mol. The van der Waals surface area contributed by atoms with Crippen LogP contribution in [0.5, 0.6) is 0 Å². The summed E-state index contributed by atoms with van der Waals surface area (Å²) in [7, 11) is 1.71. The fourth-order valence-electron chi connectivity index (χ4n) is 2.53. The molecular formula is C19H19BrClN3OS. The second-order valence-electron chi connectivity index (χ2n) is 5.70. The van der Waals surface area contributed by atoms with Crippen LogP contribution in [-0.4, -0.2) is 28.5 Å². The van der Waals surface area contributed by atoms with Crippen LogP contribution in [-0.2, 0) is 17.0 Å². The minimum Gasteiger partial charge on any atom is -0.385 e. The van der Waals surface area contributed by atoms with Crippen LogP contribution in [0.1, 0.15) is 12.0 Å². The largest absolute Gasteiger partial charge is 0.385 e. The molecule has 1 heterocycles. The van der Waals surface area contributed by atoms with Gasteiger partial charge in [-0.25, -0.2) is 0 Å². The molecule has 0 saturated heterocycles. The van der Waals surface area contributed by atoms with Crippen molar-refractivity contribution in [1.29, 1.82) is 0 Å². The summed E-state index contributed by atoms with van der Waals surface area (Å²) in [6, 6.07) is 16.0. The van der Waals surface area contributed by atoms with Gasteiger partial charge in [-0.3, -0.25) is 0 Å². The SMILES string of the molecule is COCCCn1c(SCc2ccc(Br)cc2)nnc1-c1ccccc1Cl. The molecule has 0 aliphatic heterocycles. The Morgan fingerprint density at radius 3 is 2.62 bits per heavy atom. The normalized spacial score (nSPS) is 11.0. The Morgan fingerprint density at radius 2 is 1.88 bits per heavy atom. The van der Waals surface area contributed by atoms with Crippen LogP contribution in [0.15, 0.2) is 58.2 Å². The lowest BCUT2D eigenvalue weighted by molar-refractivity contribution is 0.189. The maximum atomic E-state index is 6.37. The fraction of sp³-hybridized carbons (Fsp3) is 0.263. The topological polar surface area (TPSA) is 39.9 Å². The van der Waals surface area contributed by atoms with Gasteiger partial charge < -0.3 is 9.30 Å². The van der Waals surface area contributed by atoms with Crippen LogP contribution < -0.4 is 0 Å². The molecule has 2 aromatic carbocycles. The van der Waals surface area contributed by atoms with Crippen molar-refractivity contribution in [3.63, 3.8) is 0 Å². The molecule has 136 valence electrons. The lowest BCUT2D eigenvalue weighted by Crippen LogP contribution is -2.05. The standard InChI is InChI=1S/C19H19BrClN3OS/c1-25-12-4-11-24-18(16-5-2-3-6-17(16)21)22-23-19(24)26-13-14-7-9-15(20)10-8-14/h2-3,5-10H,4,11-13H2,1H3. The number of benzene rings is 2. The fourth-order valence-corrected chi connectivity index (χ4v) is 3.94. The van der Waals surface area contributed by atoms with Gasteiger partial charge in [-0.2, -0.15) is 0 Å². The molecule has 0 atom stereocenters. The molecule has 7 heteroatoms. The summed E-state index contributed by atoms with van der Waals surface area (Å²) in [4.78, 5) is 0. The first-order valence-electron chi connectivity index (χ1n) is 8.23. The molecule has 0 bridgehead atoms. The highest BCUT2D eigenvalue weighted by atomic mass is 79.9. The molecule has 26 heavy (non-hydrogen) atoms. The van der Waals surface area contributed by atoms with E-state index in [1.165, 1.54) is 5.56 Å². The molecule has 0 saturated carbocycles. The monoisotopic (exact) mass is 451 g/mol. The average Bonchev–Trinajstić information content (AvgIpc) is 3.04. The van der Waals surface area contributed by atoms with E-state index in [1.807, 2.05) is 36.4 Å². The molecule has 3 aromatic rings. The van der Waals surface area contributed by atoms with E-state index in [0.717, 1.165) is 39.7 Å². The van der Waals surface area contributed by atoms with Crippen LogP contribution in [0, 0.1) is 0 Å². The number of methoxy groups -OCH3 is 1. The van der Waals surface area contributed by atoms with Gasteiger partial charge in [0.1, 0.15) is 0 Å². The maximum Gasteiger partial charge on any atom is 0.191 e. The lowest BCUT2D eigenvalue weighted by atomic mass is 10.2. The minimum absolute atomic E-state index is 0.678. The van der Waals surface area contributed by atoms with Gasteiger partial charge in [0.25, 0.3) is 0 Å². The van der Waals surface area contributed by atoms with E-state index >= 15 is 0 Å². The van der Waals surface area contributed by atoms with E-state index in [-0.39, 0.29) is 0 Å². The Bertz CT molecular complexity index is 854. The highest BCUT2D eigenvalue weighted by Gasteiger charge is 2.16. The Morgan fingerprint density at radius 1 is 1.12 bits per heavy atom. The van der Waals surface area contributed by atoms with Crippen molar-refractivity contribution in [3.05, 3.63) is 63.6 Å². The third kappa shape index (κ3) is 4.88. The molecule has 0 N–H and O–H groups in total. The van der Waals surface area contributed by atoms with Gasteiger partial charge in [-0.05, 0) is 36.2 Å². The van der Waals surface area contributed by atoms with Gasteiger partial charge in [-0.15, -0.1) is 10.2 Å². The van der Waals surface area contributed by atoms with Crippen molar-refractivity contribution >= 4 is 39.3 Å². The third-order valence-corrected chi connectivity index (χ3v) is 5.74. The molecular weight excluding hydrogens is 434 g/mol. The summed E-state index contributed by atoms with van der Waals surface area (Å²) in [6.07, 6.45) is 0.887. The molecule has 0 fully saturated rings. The third-order valence-electron chi connectivity index (χ3n) is 3.84. The van der Waals surface area contributed by atoms with Crippen LogP contribution >= 0.6 is 39.3 Å². The summed E-state index contributed by atoms with van der Waals surface area (Å²) < 4.78 is 8.41. The summed E-state index contributed by atoms with van der Waals surface area (Å²) >= 11 is 11.5.